The lowest BCUT2D eigenvalue weighted by molar-refractivity contribution is -0.00641. The van der Waals surface area contributed by atoms with Gasteiger partial charge in [-0.2, -0.15) is 0 Å². The predicted octanol–water partition coefficient (Wildman–Crippen LogP) is 3.32. The molecule has 1 saturated heterocycles. The van der Waals surface area contributed by atoms with Crippen molar-refractivity contribution in [2.75, 3.05) is 13.1 Å². The summed E-state index contributed by atoms with van der Waals surface area (Å²) < 4.78 is 0. The molecule has 1 saturated carbocycles. The Kier molecular flexibility index (Phi) is 7.37. The van der Waals surface area contributed by atoms with E-state index in [4.69, 9.17) is 0 Å². The van der Waals surface area contributed by atoms with Gasteiger partial charge >= 0.3 is 0 Å². The van der Waals surface area contributed by atoms with E-state index in [1.165, 1.54) is 32.1 Å². The smallest absolute Gasteiger partial charge is 0.131 e. The number of fused-ring (bicyclic) bond motifs is 1. The zero-order valence-electron chi connectivity index (χ0n) is 17.6. The van der Waals surface area contributed by atoms with E-state index in [0.717, 1.165) is 24.8 Å². The molecule has 0 spiro atoms. The van der Waals surface area contributed by atoms with E-state index in [9.17, 15) is 15.3 Å². The van der Waals surface area contributed by atoms with Crippen molar-refractivity contribution >= 4 is 0 Å². The number of hydrogen-bond acceptors (Lipinski definition) is 5. The molecule has 3 rings (SSSR count). The number of rotatable bonds is 7. The van der Waals surface area contributed by atoms with Crippen LogP contribution in [0.15, 0.2) is 18.2 Å². The van der Waals surface area contributed by atoms with E-state index in [1.54, 1.807) is 19.1 Å². The highest BCUT2D eigenvalue weighted by Crippen LogP contribution is 2.38. The molecule has 1 aromatic carbocycles. The molecule has 5 heteroatoms. The second-order valence-corrected chi connectivity index (χ2v) is 8.99. The third kappa shape index (κ3) is 4.88. The van der Waals surface area contributed by atoms with Crippen molar-refractivity contribution in [1.82, 2.24) is 10.2 Å². The van der Waals surface area contributed by atoms with E-state index < -0.39 is 12.3 Å². The van der Waals surface area contributed by atoms with Crippen molar-refractivity contribution in [1.29, 1.82) is 0 Å². The first-order valence-electron chi connectivity index (χ1n) is 11.0. The fourth-order valence-corrected chi connectivity index (χ4v) is 5.26. The van der Waals surface area contributed by atoms with Crippen LogP contribution < -0.4 is 5.32 Å². The van der Waals surface area contributed by atoms with Crippen LogP contribution in [0, 0.1) is 18.8 Å². The fourth-order valence-electron chi connectivity index (χ4n) is 5.26. The lowest BCUT2D eigenvalue weighted by Gasteiger charge is -2.46. The maximum absolute atomic E-state index is 10.9. The molecule has 6 atom stereocenters. The maximum Gasteiger partial charge on any atom is 0.131 e. The van der Waals surface area contributed by atoms with Gasteiger partial charge in [0, 0.05) is 30.7 Å². The Morgan fingerprint density at radius 2 is 1.89 bits per heavy atom. The highest BCUT2D eigenvalue weighted by atomic mass is 16.3. The number of aliphatic hydroxyl groups is 2. The predicted molar refractivity (Wildman–Crippen MR) is 112 cm³/mol. The van der Waals surface area contributed by atoms with Crippen LogP contribution in [-0.2, 0) is 0 Å². The summed E-state index contributed by atoms with van der Waals surface area (Å²) >= 11 is 0. The molecular weight excluding hydrogens is 352 g/mol. The summed E-state index contributed by atoms with van der Waals surface area (Å²) in [7, 11) is 0. The Morgan fingerprint density at radius 3 is 2.61 bits per heavy atom. The normalized spacial score (nSPS) is 29.1. The van der Waals surface area contributed by atoms with E-state index >= 15 is 0 Å². The Hall–Kier alpha value is -1.14. The summed E-state index contributed by atoms with van der Waals surface area (Å²) in [6.07, 6.45) is 5.95. The number of β-amino-alcohol motifs (C(OH)–C–C–N with tert-alkyl or cyclic N) is 1. The summed E-state index contributed by atoms with van der Waals surface area (Å²) in [5.74, 6) is 1.83. The number of aromatic hydroxyl groups is 1. The van der Waals surface area contributed by atoms with Gasteiger partial charge < -0.3 is 15.3 Å². The van der Waals surface area contributed by atoms with Crippen molar-refractivity contribution in [2.24, 2.45) is 11.8 Å². The van der Waals surface area contributed by atoms with Gasteiger partial charge in [0.1, 0.15) is 12.0 Å². The minimum atomic E-state index is -0.909. The molecule has 28 heavy (non-hydrogen) atoms. The summed E-state index contributed by atoms with van der Waals surface area (Å²) in [4.78, 5) is 2.45. The molecule has 1 heterocycles. The van der Waals surface area contributed by atoms with Crippen LogP contribution in [0.5, 0.6) is 5.75 Å². The minimum absolute atomic E-state index is 0.177. The zero-order chi connectivity index (χ0) is 20.3. The quantitative estimate of drug-likeness (QED) is 0.538. The van der Waals surface area contributed by atoms with Crippen LogP contribution in [0.4, 0.5) is 0 Å². The second-order valence-electron chi connectivity index (χ2n) is 8.99. The molecule has 1 aromatic rings. The third-order valence-corrected chi connectivity index (χ3v) is 7.14. The molecule has 0 unspecified atom stereocenters. The molecule has 2 aliphatic rings. The average Bonchev–Trinajstić information content (AvgIpc) is 2.68. The highest BCUT2D eigenvalue weighted by molar-refractivity contribution is 5.39. The van der Waals surface area contributed by atoms with E-state index in [0.29, 0.717) is 23.7 Å². The Labute approximate surface area is 169 Å². The number of piperidine rings is 1. The van der Waals surface area contributed by atoms with Gasteiger partial charge in [0.15, 0.2) is 0 Å². The monoisotopic (exact) mass is 390 g/mol. The molecule has 1 aliphatic heterocycles. The number of aliphatic hydroxyl groups excluding tert-OH is 2. The van der Waals surface area contributed by atoms with Gasteiger partial charge in [-0.15, -0.1) is 0 Å². The van der Waals surface area contributed by atoms with Crippen molar-refractivity contribution < 1.29 is 15.3 Å². The molecular formula is C23H38N2O3. The molecule has 0 radical (unpaired) electrons. The number of benzene rings is 1. The van der Waals surface area contributed by atoms with Crippen LogP contribution in [0.25, 0.3) is 0 Å². The molecule has 158 valence electrons. The third-order valence-electron chi connectivity index (χ3n) is 7.14. The largest absolute Gasteiger partial charge is 0.508 e. The Morgan fingerprint density at radius 1 is 1.18 bits per heavy atom. The van der Waals surface area contributed by atoms with E-state index in [-0.39, 0.29) is 11.8 Å². The second kappa shape index (κ2) is 9.57. The number of likely N-dealkylation sites (tertiary alicyclic amines) is 1. The summed E-state index contributed by atoms with van der Waals surface area (Å²) in [5, 5.41) is 34.6. The first-order chi connectivity index (χ1) is 13.4. The van der Waals surface area contributed by atoms with Gasteiger partial charge in [-0.05, 0) is 56.6 Å². The van der Waals surface area contributed by atoms with Crippen LogP contribution in [0.1, 0.15) is 69.7 Å². The van der Waals surface area contributed by atoms with Crippen molar-refractivity contribution in [2.45, 2.75) is 83.7 Å². The molecule has 4 N–H and O–H groups in total. The molecule has 0 aromatic heterocycles. The van der Waals surface area contributed by atoms with Crippen LogP contribution in [0.3, 0.4) is 0 Å². The van der Waals surface area contributed by atoms with Gasteiger partial charge in [-0.1, -0.05) is 38.3 Å². The molecule has 2 fully saturated rings. The molecule has 0 amide bonds. The number of hydrogen-bond donors (Lipinski definition) is 4. The van der Waals surface area contributed by atoms with Crippen LogP contribution in [-0.4, -0.2) is 51.5 Å². The SMILES string of the molecule is CC[C@H](N[C@H](O)c1cccc(O)c1C)[C@H](O)CN1C[C@H]2CCCC[C@H]2C[C@H]1C. The summed E-state index contributed by atoms with van der Waals surface area (Å²) in [5.41, 5.74) is 1.32. The van der Waals surface area contributed by atoms with Crippen molar-refractivity contribution in [3.63, 3.8) is 0 Å². The van der Waals surface area contributed by atoms with Crippen LogP contribution >= 0.6 is 0 Å². The molecule has 0 bridgehead atoms. The van der Waals surface area contributed by atoms with Gasteiger partial charge in [-0.25, -0.2) is 0 Å². The van der Waals surface area contributed by atoms with Gasteiger partial charge in [0.2, 0.25) is 0 Å². The standard InChI is InChI=1S/C23H38N2O3/c1-4-20(24-23(28)19-10-7-11-21(26)16(19)3)22(27)14-25-13-18-9-6-5-8-17(18)12-15(25)2/h7,10-11,15,17-18,20,22-24,26-28H,4-6,8-9,12-14H2,1-3H3/t15-,17+,18-,20+,22-,23-/m1/s1. The highest BCUT2D eigenvalue weighted by Gasteiger charge is 2.36. The molecule has 5 nitrogen and oxygen atoms in total. The van der Waals surface area contributed by atoms with E-state index in [1.807, 2.05) is 13.0 Å². The van der Waals surface area contributed by atoms with Gasteiger partial charge in [-0.3, -0.25) is 10.2 Å². The number of nitrogens with zero attached hydrogens (tertiary/aromatic N) is 1. The maximum atomic E-state index is 10.9. The first-order valence-corrected chi connectivity index (χ1v) is 11.0. The van der Waals surface area contributed by atoms with Gasteiger partial charge in [0.05, 0.1) is 6.10 Å². The Bertz CT molecular complexity index is 638. The lowest BCUT2D eigenvalue weighted by Crippen LogP contribution is -2.53. The molecule has 1 aliphatic carbocycles. The minimum Gasteiger partial charge on any atom is -0.508 e. The lowest BCUT2D eigenvalue weighted by atomic mass is 9.73. The zero-order valence-corrected chi connectivity index (χ0v) is 17.6. The number of phenolic OH excluding ortho intramolecular Hbond substituents is 1. The fraction of sp³-hybridized carbons (Fsp3) is 0.739. The van der Waals surface area contributed by atoms with Crippen molar-refractivity contribution in [3.05, 3.63) is 29.3 Å². The number of phenols is 1. The summed E-state index contributed by atoms with van der Waals surface area (Å²) in [6.45, 7) is 7.84. The van der Waals surface area contributed by atoms with Crippen molar-refractivity contribution in [3.8, 4) is 5.75 Å². The first kappa shape index (κ1) is 21.6. The van der Waals surface area contributed by atoms with Crippen LogP contribution in [0.2, 0.25) is 0 Å². The Balaban J connectivity index is 1.60. The summed E-state index contributed by atoms with van der Waals surface area (Å²) in [6, 6.07) is 5.46. The average molecular weight is 391 g/mol. The van der Waals surface area contributed by atoms with Gasteiger partial charge in [0.25, 0.3) is 0 Å². The topological polar surface area (TPSA) is 76.0 Å². The number of nitrogens with one attached hydrogen (secondary N) is 1. The van der Waals surface area contributed by atoms with E-state index in [2.05, 4.69) is 17.1 Å².